The van der Waals surface area contributed by atoms with Gasteiger partial charge in [0, 0.05) is 18.2 Å². The number of nitrogens with zero attached hydrogens (tertiary/aromatic N) is 2. The molecule has 1 atom stereocenters. The molecule has 6 heteroatoms. The molecule has 0 fully saturated rings. The predicted molar refractivity (Wildman–Crippen MR) is 112 cm³/mol. The molecule has 1 aliphatic rings. The molecule has 2 aromatic rings. The number of esters is 1. The normalized spacial score (nSPS) is 16.1. The number of amides is 3. The summed E-state index contributed by atoms with van der Waals surface area (Å²) in [6.07, 6.45) is 0. The Morgan fingerprint density at radius 2 is 1.63 bits per heavy atom. The van der Waals surface area contributed by atoms with E-state index < -0.39 is 23.9 Å². The quantitative estimate of drug-likeness (QED) is 0.582. The number of benzene rings is 2. The summed E-state index contributed by atoms with van der Waals surface area (Å²) >= 11 is 0. The summed E-state index contributed by atoms with van der Waals surface area (Å²) in [5.74, 6) is 4.88. The maximum absolute atomic E-state index is 13.2. The first-order valence-electron chi connectivity index (χ1n) is 9.45. The Labute approximate surface area is 175 Å². The highest BCUT2D eigenvalue weighted by atomic mass is 16.5. The van der Waals surface area contributed by atoms with Crippen LogP contribution in [0, 0.1) is 11.8 Å². The Bertz CT molecular complexity index is 1050. The lowest BCUT2D eigenvalue weighted by molar-refractivity contribution is -0.138. The van der Waals surface area contributed by atoms with E-state index in [1.807, 2.05) is 36.4 Å². The molecule has 152 valence electrons. The fourth-order valence-corrected chi connectivity index (χ4v) is 3.42. The second kappa shape index (κ2) is 9.10. The topological polar surface area (TPSA) is 66.9 Å². The molecule has 0 spiro atoms. The van der Waals surface area contributed by atoms with E-state index in [4.69, 9.17) is 4.74 Å². The van der Waals surface area contributed by atoms with E-state index in [1.165, 1.54) is 18.9 Å². The van der Waals surface area contributed by atoms with Gasteiger partial charge in [-0.05, 0) is 24.6 Å². The summed E-state index contributed by atoms with van der Waals surface area (Å²) in [5, 5.41) is 0. The summed E-state index contributed by atoms with van der Waals surface area (Å²) in [5.41, 5.74) is 2.11. The van der Waals surface area contributed by atoms with Crippen LogP contribution in [-0.4, -0.2) is 41.4 Å². The van der Waals surface area contributed by atoms with Crippen molar-refractivity contribution in [1.29, 1.82) is 0 Å². The van der Waals surface area contributed by atoms with Crippen LogP contribution in [0.5, 0.6) is 0 Å². The smallest absolute Gasteiger partial charge is 0.338 e. The van der Waals surface area contributed by atoms with Crippen LogP contribution < -0.4 is 0 Å². The van der Waals surface area contributed by atoms with Gasteiger partial charge in [-0.15, -0.1) is 0 Å². The van der Waals surface area contributed by atoms with Gasteiger partial charge in [-0.3, -0.25) is 14.6 Å². The number of rotatable bonds is 3. The minimum absolute atomic E-state index is 0.0331. The molecule has 0 radical (unpaired) electrons. The standard InChI is InChI=1S/C24H22N2O4/c1-17-21(23(28)30-3)22(20-14-8-5-9-15-20)26(18(2)27)24(29)25(17)16-10-13-19-11-6-4-7-12-19/h4-9,11-12,14-15,22H,16H2,1-3H3. The Morgan fingerprint density at radius 3 is 2.20 bits per heavy atom. The van der Waals surface area contributed by atoms with Gasteiger partial charge in [0.1, 0.15) is 6.04 Å². The number of carbonyl (C=O) groups excluding carboxylic acids is 3. The average molecular weight is 402 g/mol. The molecule has 0 aliphatic carbocycles. The first kappa shape index (κ1) is 20.9. The lowest BCUT2D eigenvalue weighted by Crippen LogP contribution is -2.52. The molecule has 1 heterocycles. The van der Waals surface area contributed by atoms with Crippen molar-refractivity contribution in [3.05, 3.63) is 83.1 Å². The Kier molecular flexibility index (Phi) is 6.33. The summed E-state index contributed by atoms with van der Waals surface area (Å²) in [7, 11) is 1.28. The predicted octanol–water partition coefficient (Wildman–Crippen LogP) is 3.51. The van der Waals surface area contributed by atoms with Gasteiger partial charge in [-0.2, -0.15) is 0 Å². The summed E-state index contributed by atoms with van der Waals surface area (Å²) < 4.78 is 4.99. The molecule has 0 bridgehead atoms. The van der Waals surface area contributed by atoms with Crippen LogP contribution >= 0.6 is 0 Å². The highest BCUT2D eigenvalue weighted by molar-refractivity contribution is 6.01. The molecule has 0 aromatic heterocycles. The van der Waals surface area contributed by atoms with E-state index in [0.717, 1.165) is 10.5 Å². The molecule has 0 N–H and O–H groups in total. The molecule has 0 saturated carbocycles. The summed E-state index contributed by atoms with van der Waals surface area (Å²) in [6.45, 7) is 3.00. The van der Waals surface area contributed by atoms with E-state index in [2.05, 4.69) is 11.8 Å². The van der Waals surface area contributed by atoms with Crippen LogP contribution in [0.4, 0.5) is 4.79 Å². The van der Waals surface area contributed by atoms with E-state index in [-0.39, 0.29) is 12.1 Å². The number of hydrogen-bond acceptors (Lipinski definition) is 4. The number of imide groups is 1. The Morgan fingerprint density at radius 1 is 1.03 bits per heavy atom. The average Bonchev–Trinajstić information content (AvgIpc) is 2.76. The van der Waals surface area contributed by atoms with Crippen LogP contribution in [0.15, 0.2) is 71.9 Å². The van der Waals surface area contributed by atoms with Crippen LogP contribution in [0.25, 0.3) is 0 Å². The van der Waals surface area contributed by atoms with Crippen LogP contribution in [0.1, 0.15) is 31.0 Å². The Hall–Kier alpha value is -3.85. The molecular weight excluding hydrogens is 380 g/mol. The van der Waals surface area contributed by atoms with Crippen molar-refractivity contribution in [3.63, 3.8) is 0 Å². The third-order valence-corrected chi connectivity index (χ3v) is 4.87. The lowest BCUT2D eigenvalue weighted by atomic mass is 9.93. The van der Waals surface area contributed by atoms with Gasteiger partial charge in [-0.25, -0.2) is 9.59 Å². The second-order valence-electron chi connectivity index (χ2n) is 6.73. The van der Waals surface area contributed by atoms with E-state index >= 15 is 0 Å². The van der Waals surface area contributed by atoms with Crippen molar-refractivity contribution in [2.24, 2.45) is 0 Å². The van der Waals surface area contributed by atoms with Gasteiger partial charge in [0.15, 0.2) is 0 Å². The molecule has 6 nitrogen and oxygen atoms in total. The van der Waals surface area contributed by atoms with Crippen molar-refractivity contribution in [2.75, 3.05) is 13.7 Å². The maximum Gasteiger partial charge on any atom is 0.338 e. The second-order valence-corrected chi connectivity index (χ2v) is 6.73. The van der Waals surface area contributed by atoms with Crippen LogP contribution in [0.3, 0.4) is 0 Å². The first-order chi connectivity index (χ1) is 14.5. The number of allylic oxidation sites excluding steroid dienone is 1. The highest BCUT2D eigenvalue weighted by Crippen LogP contribution is 2.37. The molecule has 1 unspecified atom stereocenters. The fraction of sp³-hybridized carbons (Fsp3) is 0.208. The van der Waals surface area contributed by atoms with Gasteiger partial charge >= 0.3 is 12.0 Å². The molecule has 1 aliphatic heterocycles. The van der Waals surface area contributed by atoms with Crippen molar-refractivity contribution >= 4 is 17.9 Å². The molecule has 3 rings (SSSR count). The van der Waals surface area contributed by atoms with Gasteiger partial charge in [0.05, 0.1) is 19.2 Å². The monoisotopic (exact) mass is 402 g/mol. The van der Waals surface area contributed by atoms with Gasteiger partial charge in [0.25, 0.3) is 0 Å². The molecule has 30 heavy (non-hydrogen) atoms. The lowest BCUT2D eigenvalue weighted by Gasteiger charge is -2.40. The summed E-state index contributed by atoms with van der Waals surface area (Å²) in [6, 6.07) is 16.9. The summed E-state index contributed by atoms with van der Waals surface area (Å²) in [4.78, 5) is 40.8. The number of ether oxygens (including phenoxy) is 1. The van der Waals surface area contributed by atoms with Crippen molar-refractivity contribution < 1.29 is 19.1 Å². The molecular formula is C24H22N2O4. The minimum atomic E-state index is -0.859. The maximum atomic E-state index is 13.2. The van der Waals surface area contributed by atoms with Crippen molar-refractivity contribution in [3.8, 4) is 11.8 Å². The Balaban J connectivity index is 2.08. The van der Waals surface area contributed by atoms with Gasteiger partial charge in [0.2, 0.25) is 5.91 Å². The van der Waals surface area contributed by atoms with Gasteiger partial charge < -0.3 is 4.74 Å². The van der Waals surface area contributed by atoms with Crippen molar-refractivity contribution in [1.82, 2.24) is 9.80 Å². The molecule has 3 amide bonds. The highest BCUT2D eigenvalue weighted by Gasteiger charge is 2.43. The number of carbonyl (C=O) groups is 3. The fourth-order valence-electron chi connectivity index (χ4n) is 3.42. The number of methoxy groups -OCH3 is 1. The largest absolute Gasteiger partial charge is 0.466 e. The van der Waals surface area contributed by atoms with Crippen molar-refractivity contribution in [2.45, 2.75) is 19.9 Å². The van der Waals surface area contributed by atoms with Crippen LogP contribution in [0.2, 0.25) is 0 Å². The molecule has 2 aromatic carbocycles. The zero-order chi connectivity index (χ0) is 21.7. The van der Waals surface area contributed by atoms with Gasteiger partial charge in [-0.1, -0.05) is 60.4 Å². The minimum Gasteiger partial charge on any atom is -0.466 e. The number of urea groups is 1. The SMILES string of the molecule is COC(=O)C1=C(C)N(CC#Cc2ccccc2)C(=O)N(C(C)=O)C1c1ccccc1. The third-order valence-electron chi connectivity index (χ3n) is 4.87. The third kappa shape index (κ3) is 4.11. The molecule has 0 saturated heterocycles. The zero-order valence-corrected chi connectivity index (χ0v) is 17.1. The van der Waals surface area contributed by atoms with E-state index in [0.29, 0.717) is 11.3 Å². The van der Waals surface area contributed by atoms with E-state index in [1.54, 1.807) is 31.2 Å². The number of hydrogen-bond donors (Lipinski definition) is 0. The van der Waals surface area contributed by atoms with E-state index in [9.17, 15) is 14.4 Å². The first-order valence-corrected chi connectivity index (χ1v) is 9.45. The zero-order valence-electron chi connectivity index (χ0n) is 17.1. The van der Waals surface area contributed by atoms with Crippen LogP contribution in [-0.2, 0) is 14.3 Å².